The molecule has 1 unspecified atom stereocenters. The van der Waals surface area contributed by atoms with E-state index in [9.17, 15) is 0 Å². The summed E-state index contributed by atoms with van der Waals surface area (Å²) < 4.78 is 0. The predicted molar refractivity (Wildman–Crippen MR) is 84.2 cm³/mol. The van der Waals surface area contributed by atoms with E-state index in [-0.39, 0.29) is 0 Å². The lowest BCUT2D eigenvalue weighted by atomic mass is 9.83. The average Bonchev–Trinajstić information content (AvgIpc) is 2.49. The molecule has 2 heteroatoms. The molecule has 1 aliphatic carbocycles. The molecule has 0 fully saturated rings. The fourth-order valence-corrected chi connectivity index (χ4v) is 2.51. The van der Waals surface area contributed by atoms with Gasteiger partial charge in [-0.15, -0.1) is 0 Å². The molecule has 0 saturated heterocycles. The minimum atomic E-state index is -0.437. The summed E-state index contributed by atoms with van der Waals surface area (Å²) in [5.41, 5.74) is 9.47. The molecule has 0 bridgehead atoms. The number of allylic oxidation sites excluding steroid dienone is 2. The van der Waals surface area contributed by atoms with E-state index in [0.29, 0.717) is 0 Å². The Hall–Kier alpha value is -2.32. The maximum Gasteiger partial charge on any atom is 0.0653 e. The Labute approximate surface area is 119 Å². The molecule has 2 nitrogen and oxygen atoms in total. The molecule has 1 atom stereocenters. The molecule has 0 aromatic heterocycles. The molecular formula is C18H18N2. The summed E-state index contributed by atoms with van der Waals surface area (Å²) in [5.74, 6) is 0. The minimum absolute atomic E-state index is 0.437. The minimum Gasteiger partial charge on any atom is -0.359 e. The van der Waals surface area contributed by atoms with Crippen LogP contribution in [0.5, 0.6) is 0 Å². The highest BCUT2D eigenvalue weighted by Crippen LogP contribution is 2.31. The van der Waals surface area contributed by atoms with Gasteiger partial charge in [0.25, 0.3) is 0 Å². The second kappa shape index (κ2) is 5.35. The third-order valence-corrected chi connectivity index (χ3v) is 3.56. The van der Waals surface area contributed by atoms with Crippen molar-refractivity contribution in [1.82, 2.24) is 0 Å². The number of nitrogens with two attached hydrogens (primary N) is 1. The maximum absolute atomic E-state index is 6.56. The van der Waals surface area contributed by atoms with E-state index >= 15 is 0 Å². The van der Waals surface area contributed by atoms with Crippen molar-refractivity contribution in [1.29, 1.82) is 0 Å². The molecule has 0 aliphatic heterocycles. The van der Waals surface area contributed by atoms with Crippen molar-refractivity contribution in [3.05, 3.63) is 90.2 Å². The van der Waals surface area contributed by atoms with E-state index in [2.05, 4.69) is 41.7 Å². The quantitative estimate of drug-likeness (QED) is 0.883. The number of para-hydroxylation sites is 1. The van der Waals surface area contributed by atoms with Crippen LogP contribution in [0.25, 0.3) is 0 Å². The van der Waals surface area contributed by atoms with E-state index in [0.717, 1.165) is 23.4 Å². The lowest BCUT2D eigenvalue weighted by Crippen LogP contribution is -2.37. The normalized spacial score (nSPS) is 21.4. The summed E-state index contributed by atoms with van der Waals surface area (Å²) in [4.78, 5) is 0. The van der Waals surface area contributed by atoms with Gasteiger partial charge in [-0.05, 0) is 23.8 Å². The summed E-state index contributed by atoms with van der Waals surface area (Å²) >= 11 is 0. The maximum atomic E-state index is 6.56. The standard InChI is InChI=1S/C18H18N2/c19-18(15-8-3-1-4-9-15)13-7-12-17(14-18)20-16-10-5-2-6-11-16/h1-13,20H,14,19H2. The second-order valence-corrected chi connectivity index (χ2v) is 5.13. The molecule has 0 radical (unpaired) electrons. The predicted octanol–water partition coefficient (Wildman–Crippen LogP) is 3.80. The molecule has 3 N–H and O–H groups in total. The molecule has 0 amide bonds. The smallest absolute Gasteiger partial charge is 0.0653 e. The van der Waals surface area contributed by atoms with Crippen LogP contribution >= 0.6 is 0 Å². The molecular weight excluding hydrogens is 244 g/mol. The van der Waals surface area contributed by atoms with Crippen molar-refractivity contribution in [2.75, 3.05) is 5.32 Å². The summed E-state index contributed by atoms with van der Waals surface area (Å²) in [6.07, 6.45) is 6.95. The van der Waals surface area contributed by atoms with Gasteiger partial charge in [-0.1, -0.05) is 60.7 Å². The summed E-state index contributed by atoms with van der Waals surface area (Å²) in [6, 6.07) is 20.4. The Kier molecular flexibility index (Phi) is 3.40. The van der Waals surface area contributed by atoms with Crippen molar-refractivity contribution in [2.45, 2.75) is 12.0 Å². The van der Waals surface area contributed by atoms with Crippen molar-refractivity contribution in [3.8, 4) is 0 Å². The third kappa shape index (κ3) is 2.65. The number of hydrogen-bond donors (Lipinski definition) is 2. The second-order valence-electron chi connectivity index (χ2n) is 5.13. The van der Waals surface area contributed by atoms with Gasteiger partial charge in [0.15, 0.2) is 0 Å². The number of anilines is 1. The topological polar surface area (TPSA) is 38.0 Å². The zero-order valence-corrected chi connectivity index (χ0v) is 11.3. The fourth-order valence-electron chi connectivity index (χ4n) is 2.51. The van der Waals surface area contributed by atoms with Gasteiger partial charge in [-0.2, -0.15) is 0 Å². The fraction of sp³-hybridized carbons (Fsp3) is 0.111. The zero-order valence-electron chi connectivity index (χ0n) is 11.3. The van der Waals surface area contributed by atoms with Crippen LogP contribution in [-0.2, 0) is 5.54 Å². The Morgan fingerprint density at radius 1 is 0.900 bits per heavy atom. The van der Waals surface area contributed by atoms with Gasteiger partial charge in [0.2, 0.25) is 0 Å². The molecule has 0 saturated carbocycles. The molecule has 0 heterocycles. The average molecular weight is 262 g/mol. The first kappa shape index (κ1) is 12.7. The third-order valence-electron chi connectivity index (χ3n) is 3.56. The largest absolute Gasteiger partial charge is 0.359 e. The molecule has 1 aliphatic rings. The zero-order chi connectivity index (χ0) is 13.8. The highest BCUT2D eigenvalue weighted by Gasteiger charge is 2.27. The summed E-state index contributed by atoms with van der Waals surface area (Å²) in [7, 11) is 0. The van der Waals surface area contributed by atoms with Crippen molar-refractivity contribution in [3.63, 3.8) is 0 Å². The molecule has 20 heavy (non-hydrogen) atoms. The van der Waals surface area contributed by atoms with Gasteiger partial charge in [0.1, 0.15) is 0 Å². The van der Waals surface area contributed by atoms with Crippen LogP contribution < -0.4 is 11.1 Å². The Morgan fingerprint density at radius 2 is 1.55 bits per heavy atom. The van der Waals surface area contributed by atoms with E-state index in [1.54, 1.807) is 0 Å². The Morgan fingerprint density at radius 3 is 2.25 bits per heavy atom. The van der Waals surface area contributed by atoms with Crippen molar-refractivity contribution >= 4 is 5.69 Å². The number of nitrogens with one attached hydrogen (secondary N) is 1. The molecule has 3 rings (SSSR count). The molecule has 2 aromatic carbocycles. The highest BCUT2D eigenvalue weighted by atomic mass is 14.9. The molecule has 2 aromatic rings. The monoisotopic (exact) mass is 262 g/mol. The van der Waals surface area contributed by atoms with E-state index < -0.39 is 5.54 Å². The SMILES string of the molecule is NC1(c2ccccc2)C=CC=C(Nc2ccccc2)C1. The number of hydrogen-bond acceptors (Lipinski definition) is 2. The lowest BCUT2D eigenvalue weighted by molar-refractivity contribution is 0.550. The van der Waals surface area contributed by atoms with Gasteiger partial charge in [0, 0.05) is 17.8 Å². The van der Waals surface area contributed by atoms with Gasteiger partial charge in [-0.25, -0.2) is 0 Å². The van der Waals surface area contributed by atoms with Crippen LogP contribution in [0.2, 0.25) is 0 Å². The Bertz CT molecular complexity index is 629. The van der Waals surface area contributed by atoms with Gasteiger partial charge in [0.05, 0.1) is 5.54 Å². The summed E-state index contributed by atoms with van der Waals surface area (Å²) in [6.45, 7) is 0. The summed E-state index contributed by atoms with van der Waals surface area (Å²) in [5, 5.41) is 3.44. The van der Waals surface area contributed by atoms with Crippen LogP contribution in [-0.4, -0.2) is 0 Å². The Balaban J connectivity index is 1.80. The first-order valence-corrected chi connectivity index (χ1v) is 6.81. The first-order chi connectivity index (χ1) is 9.76. The van der Waals surface area contributed by atoms with E-state index in [1.165, 1.54) is 0 Å². The van der Waals surface area contributed by atoms with Crippen molar-refractivity contribution in [2.24, 2.45) is 5.73 Å². The van der Waals surface area contributed by atoms with Gasteiger partial charge in [-0.3, -0.25) is 0 Å². The number of rotatable bonds is 3. The van der Waals surface area contributed by atoms with Gasteiger partial charge >= 0.3 is 0 Å². The van der Waals surface area contributed by atoms with Gasteiger partial charge < -0.3 is 11.1 Å². The van der Waals surface area contributed by atoms with Crippen molar-refractivity contribution < 1.29 is 0 Å². The van der Waals surface area contributed by atoms with Crippen LogP contribution in [0.3, 0.4) is 0 Å². The lowest BCUT2D eigenvalue weighted by Gasteiger charge is -2.30. The highest BCUT2D eigenvalue weighted by molar-refractivity contribution is 5.50. The van der Waals surface area contributed by atoms with Crippen LogP contribution in [0.4, 0.5) is 5.69 Å². The van der Waals surface area contributed by atoms with Crippen LogP contribution in [0.15, 0.2) is 84.6 Å². The van der Waals surface area contributed by atoms with E-state index in [1.807, 2.05) is 42.5 Å². The first-order valence-electron chi connectivity index (χ1n) is 6.81. The number of benzene rings is 2. The van der Waals surface area contributed by atoms with Crippen LogP contribution in [0, 0.1) is 0 Å². The molecule has 0 spiro atoms. The molecule has 100 valence electrons. The van der Waals surface area contributed by atoms with E-state index in [4.69, 9.17) is 5.73 Å². The van der Waals surface area contributed by atoms with Crippen LogP contribution in [0.1, 0.15) is 12.0 Å².